The number of nitro groups is 1. The molecular weight excluding hydrogens is 330 g/mol. The summed E-state index contributed by atoms with van der Waals surface area (Å²) in [7, 11) is 0. The van der Waals surface area contributed by atoms with Crippen molar-refractivity contribution >= 4 is 11.6 Å². The minimum Gasteiger partial charge on any atom is -0.348 e. The highest BCUT2D eigenvalue weighted by Crippen LogP contribution is 2.13. The highest BCUT2D eigenvalue weighted by molar-refractivity contribution is 5.94. The third kappa shape index (κ3) is 4.67. The van der Waals surface area contributed by atoms with Crippen LogP contribution in [0.15, 0.2) is 48.5 Å². The largest absolute Gasteiger partial charge is 0.348 e. The Morgan fingerprint density at radius 3 is 2.31 bits per heavy atom. The molecule has 2 aromatic carbocycles. The molecule has 6 heteroatoms. The molecule has 1 saturated heterocycles. The van der Waals surface area contributed by atoms with E-state index in [0.717, 1.165) is 12.1 Å². The van der Waals surface area contributed by atoms with Crippen LogP contribution in [0.25, 0.3) is 0 Å². The summed E-state index contributed by atoms with van der Waals surface area (Å²) in [6.45, 7) is 3.87. The van der Waals surface area contributed by atoms with Crippen LogP contribution in [0.5, 0.6) is 0 Å². The van der Waals surface area contributed by atoms with Gasteiger partial charge in [-0.25, -0.2) is 0 Å². The van der Waals surface area contributed by atoms with Crippen molar-refractivity contribution in [2.24, 2.45) is 0 Å². The first kappa shape index (κ1) is 18.1. The smallest absolute Gasteiger partial charge is 0.269 e. The maximum Gasteiger partial charge on any atom is 0.269 e. The maximum atomic E-state index is 12.3. The summed E-state index contributed by atoms with van der Waals surface area (Å²) in [6.07, 6.45) is 3.90. The van der Waals surface area contributed by atoms with E-state index >= 15 is 0 Å². The summed E-state index contributed by atoms with van der Waals surface area (Å²) in [6, 6.07) is 13.9. The molecule has 0 saturated carbocycles. The molecule has 1 aliphatic rings. The number of non-ortho nitro benzene ring substituents is 1. The number of likely N-dealkylation sites (tertiary alicyclic amines) is 1. The van der Waals surface area contributed by atoms with Crippen LogP contribution in [0.4, 0.5) is 5.69 Å². The molecule has 1 amide bonds. The first-order valence-corrected chi connectivity index (χ1v) is 9.06. The molecule has 136 valence electrons. The molecule has 26 heavy (non-hydrogen) atoms. The lowest BCUT2D eigenvalue weighted by atomic mass is 10.0. The molecule has 6 nitrogen and oxygen atoms in total. The average molecular weight is 354 g/mol. The molecule has 0 atom stereocenters. The first-order valence-electron chi connectivity index (χ1n) is 9.06. The molecule has 0 radical (unpaired) electrons. The van der Waals surface area contributed by atoms with E-state index in [-0.39, 0.29) is 11.6 Å². The van der Waals surface area contributed by atoms with E-state index in [2.05, 4.69) is 17.4 Å². The second-order valence-corrected chi connectivity index (χ2v) is 6.74. The zero-order valence-electron chi connectivity index (χ0n) is 14.7. The van der Waals surface area contributed by atoms with Crippen LogP contribution in [0, 0.1) is 10.1 Å². The van der Waals surface area contributed by atoms with Crippen LogP contribution in [0.1, 0.15) is 40.7 Å². The Morgan fingerprint density at radius 1 is 1.00 bits per heavy atom. The topological polar surface area (TPSA) is 76.7 Å². The van der Waals surface area contributed by atoms with Crippen LogP contribution in [0.2, 0.25) is 0 Å². The van der Waals surface area contributed by atoms with E-state index in [4.69, 9.17) is 0 Å². The van der Waals surface area contributed by atoms with Crippen molar-refractivity contribution in [1.82, 2.24) is 5.32 Å². The first-order chi connectivity index (χ1) is 12.6. The van der Waals surface area contributed by atoms with Crippen LogP contribution >= 0.6 is 0 Å². The lowest BCUT2D eigenvalue weighted by Crippen LogP contribution is -3.11. The van der Waals surface area contributed by atoms with Gasteiger partial charge in [-0.3, -0.25) is 14.9 Å². The van der Waals surface area contributed by atoms with Gasteiger partial charge in [0.05, 0.1) is 18.0 Å². The van der Waals surface area contributed by atoms with Crippen molar-refractivity contribution in [3.05, 3.63) is 75.3 Å². The van der Waals surface area contributed by atoms with Crippen molar-refractivity contribution in [3.63, 3.8) is 0 Å². The second kappa shape index (κ2) is 8.58. The number of amides is 1. The van der Waals surface area contributed by atoms with Gasteiger partial charge in [-0.2, -0.15) is 0 Å². The van der Waals surface area contributed by atoms with Crippen molar-refractivity contribution in [1.29, 1.82) is 0 Å². The number of carbonyl (C=O) groups excluding carboxylic acids is 1. The molecule has 1 aliphatic heterocycles. The van der Waals surface area contributed by atoms with Gasteiger partial charge in [-0.1, -0.05) is 24.3 Å². The summed E-state index contributed by atoms with van der Waals surface area (Å²) < 4.78 is 0. The summed E-state index contributed by atoms with van der Waals surface area (Å²) in [4.78, 5) is 24.1. The highest BCUT2D eigenvalue weighted by atomic mass is 16.6. The monoisotopic (exact) mass is 354 g/mol. The van der Waals surface area contributed by atoms with Crippen molar-refractivity contribution in [3.8, 4) is 0 Å². The summed E-state index contributed by atoms with van der Waals surface area (Å²) in [5.74, 6) is -0.222. The summed E-state index contributed by atoms with van der Waals surface area (Å²) in [5.41, 5.74) is 2.81. The summed E-state index contributed by atoms with van der Waals surface area (Å²) >= 11 is 0. The normalized spacial score (nSPS) is 14.8. The van der Waals surface area contributed by atoms with E-state index < -0.39 is 4.92 Å². The van der Waals surface area contributed by atoms with Crippen molar-refractivity contribution < 1.29 is 14.6 Å². The molecule has 2 N–H and O–H groups in total. The van der Waals surface area contributed by atoms with Crippen LogP contribution in [0.3, 0.4) is 0 Å². The van der Waals surface area contributed by atoms with E-state index in [1.165, 1.54) is 62.2 Å². The SMILES string of the molecule is O=C(NCc1ccccc1C[NH+]1CCCCC1)c1ccc([N+](=O)[O-])cc1. The quantitative estimate of drug-likeness (QED) is 0.616. The van der Waals surface area contributed by atoms with Gasteiger partial charge < -0.3 is 10.2 Å². The molecule has 1 fully saturated rings. The molecule has 0 bridgehead atoms. The fraction of sp³-hybridized carbons (Fsp3) is 0.350. The van der Waals surface area contributed by atoms with Crippen molar-refractivity contribution in [2.45, 2.75) is 32.4 Å². The number of benzene rings is 2. The number of quaternary nitrogens is 1. The standard InChI is InChI=1S/C20H23N3O3/c24-20(16-8-10-19(11-9-16)23(25)26)21-14-17-6-2-3-7-18(17)15-22-12-4-1-5-13-22/h2-3,6-11H,1,4-5,12-15H2,(H,21,24)/p+1. The number of hydrogen-bond acceptors (Lipinski definition) is 3. The fourth-order valence-corrected chi connectivity index (χ4v) is 3.41. The predicted octanol–water partition coefficient (Wildman–Crippen LogP) is 2.09. The van der Waals surface area contributed by atoms with Gasteiger partial charge >= 0.3 is 0 Å². The Hall–Kier alpha value is -2.73. The third-order valence-electron chi connectivity index (χ3n) is 4.90. The van der Waals surface area contributed by atoms with Gasteiger partial charge in [-0.15, -0.1) is 0 Å². The Balaban J connectivity index is 1.61. The van der Waals surface area contributed by atoms with Crippen molar-refractivity contribution in [2.75, 3.05) is 13.1 Å². The van der Waals surface area contributed by atoms with E-state index in [9.17, 15) is 14.9 Å². The summed E-state index contributed by atoms with van der Waals surface area (Å²) in [5, 5.41) is 13.6. The number of nitro benzene ring substituents is 1. The van der Waals surface area contributed by atoms with Gasteiger partial charge in [-0.05, 0) is 37.0 Å². The number of nitrogens with one attached hydrogen (secondary N) is 2. The van der Waals surface area contributed by atoms with Gasteiger partial charge in [0.2, 0.25) is 0 Å². The van der Waals surface area contributed by atoms with Crippen LogP contribution < -0.4 is 10.2 Å². The number of piperidine rings is 1. The van der Waals surface area contributed by atoms with Crippen LogP contribution in [-0.4, -0.2) is 23.9 Å². The zero-order chi connectivity index (χ0) is 18.4. The van der Waals surface area contributed by atoms with Gasteiger partial charge in [0.1, 0.15) is 6.54 Å². The molecular formula is C20H24N3O3+. The second-order valence-electron chi connectivity index (χ2n) is 6.74. The Morgan fingerprint density at radius 2 is 1.65 bits per heavy atom. The molecule has 0 aromatic heterocycles. The predicted molar refractivity (Wildman–Crippen MR) is 99.0 cm³/mol. The zero-order valence-corrected chi connectivity index (χ0v) is 14.7. The Labute approximate surface area is 153 Å². The Bertz CT molecular complexity index is 768. The molecule has 1 heterocycles. The Kier molecular flexibility index (Phi) is 5.96. The molecule has 3 rings (SSSR count). The average Bonchev–Trinajstić information content (AvgIpc) is 2.68. The molecule has 0 aliphatic carbocycles. The number of nitrogens with zero attached hydrogens (tertiary/aromatic N) is 1. The van der Waals surface area contributed by atoms with E-state index in [1.54, 1.807) is 4.90 Å². The third-order valence-corrected chi connectivity index (χ3v) is 4.90. The van der Waals surface area contributed by atoms with E-state index in [0.29, 0.717) is 12.1 Å². The number of hydrogen-bond donors (Lipinski definition) is 2. The molecule has 2 aromatic rings. The number of rotatable bonds is 6. The minimum absolute atomic E-state index is 0.0172. The molecule has 0 unspecified atom stereocenters. The maximum absolute atomic E-state index is 12.3. The van der Waals surface area contributed by atoms with E-state index in [1.807, 2.05) is 12.1 Å². The van der Waals surface area contributed by atoms with Gasteiger partial charge in [0.15, 0.2) is 0 Å². The van der Waals surface area contributed by atoms with Gasteiger partial charge in [0, 0.05) is 29.8 Å². The fourth-order valence-electron chi connectivity index (χ4n) is 3.41. The highest BCUT2D eigenvalue weighted by Gasteiger charge is 2.16. The van der Waals surface area contributed by atoms with Crippen LogP contribution in [-0.2, 0) is 13.1 Å². The lowest BCUT2D eigenvalue weighted by molar-refractivity contribution is -0.918. The van der Waals surface area contributed by atoms with Gasteiger partial charge in [0.25, 0.3) is 11.6 Å². The molecule has 0 spiro atoms. The number of carbonyl (C=O) groups is 1. The lowest BCUT2D eigenvalue weighted by Gasteiger charge is -2.24. The minimum atomic E-state index is -0.471.